The molecule has 0 aliphatic heterocycles. The van der Waals surface area contributed by atoms with Crippen molar-refractivity contribution in [1.29, 1.82) is 0 Å². The van der Waals surface area contributed by atoms with E-state index < -0.39 is 11.8 Å². The van der Waals surface area contributed by atoms with E-state index in [1.165, 1.54) is 39.9 Å². The first-order valence-electron chi connectivity index (χ1n) is 7.52. The van der Waals surface area contributed by atoms with Gasteiger partial charge in [0, 0.05) is 5.56 Å². The Hall–Kier alpha value is -3.49. The highest BCUT2D eigenvalue weighted by atomic mass is 16.5. The zero-order valence-corrected chi connectivity index (χ0v) is 14.6. The number of rotatable bonds is 8. The number of hydrogen-bond acceptors (Lipinski definition) is 7. The number of benzene rings is 1. The number of nitrogens with zero attached hydrogens (tertiary/aromatic N) is 1. The lowest BCUT2D eigenvalue weighted by atomic mass is 10.2. The first-order valence-corrected chi connectivity index (χ1v) is 7.52. The van der Waals surface area contributed by atoms with Gasteiger partial charge >= 0.3 is 0 Å². The second-order valence-electron chi connectivity index (χ2n) is 4.91. The van der Waals surface area contributed by atoms with E-state index in [-0.39, 0.29) is 12.3 Å². The molecule has 138 valence electrons. The highest BCUT2D eigenvalue weighted by Gasteiger charge is 2.12. The van der Waals surface area contributed by atoms with Crippen LogP contribution in [0.2, 0.25) is 0 Å². The number of carbonyl (C=O) groups excluding carboxylic acids is 2. The monoisotopic (exact) mass is 361 g/mol. The van der Waals surface area contributed by atoms with Crippen molar-refractivity contribution in [3.05, 3.63) is 41.9 Å². The minimum Gasteiger partial charge on any atom is -0.493 e. The molecule has 0 fully saturated rings. The molecule has 1 aromatic heterocycles. The van der Waals surface area contributed by atoms with Gasteiger partial charge in [0.15, 0.2) is 17.3 Å². The lowest BCUT2D eigenvalue weighted by Crippen LogP contribution is -2.34. The topological polar surface area (TPSA) is 111 Å². The third-order valence-corrected chi connectivity index (χ3v) is 3.24. The quantitative estimate of drug-likeness (QED) is 0.540. The van der Waals surface area contributed by atoms with Crippen molar-refractivity contribution in [2.45, 2.75) is 0 Å². The van der Waals surface area contributed by atoms with Crippen LogP contribution >= 0.6 is 0 Å². The number of carbonyl (C=O) groups is 2. The van der Waals surface area contributed by atoms with Gasteiger partial charge in [-0.25, -0.2) is 5.43 Å². The molecule has 9 heteroatoms. The van der Waals surface area contributed by atoms with E-state index in [9.17, 15) is 9.59 Å². The Morgan fingerprint density at radius 2 is 1.85 bits per heavy atom. The molecule has 2 aromatic rings. The van der Waals surface area contributed by atoms with E-state index in [0.717, 1.165) is 0 Å². The van der Waals surface area contributed by atoms with Crippen molar-refractivity contribution >= 4 is 18.0 Å². The van der Waals surface area contributed by atoms with Crippen molar-refractivity contribution in [1.82, 2.24) is 10.7 Å². The van der Waals surface area contributed by atoms with Crippen LogP contribution in [0.25, 0.3) is 0 Å². The summed E-state index contributed by atoms with van der Waals surface area (Å²) in [4.78, 5) is 23.4. The standard InChI is InChI=1S/C17H19N3O6/c1-23-13-7-11(8-14(24-2)16(13)25-3)9-19-20-15(21)10-18-17(22)12-5-4-6-26-12/h4-9H,10H2,1-3H3,(H,18,22)(H,20,21)/b19-9-. The van der Waals surface area contributed by atoms with E-state index in [1.807, 2.05) is 0 Å². The highest BCUT2D eigenvalue weighted by Crippen LogP contribution is 2.37. The van der Waals surface area contributed by atoms with Crippen molar-refractivity contribution in [2.75, 3.05) is 27.9 Å². The maximum Gasteiger partial charge on any atom is 0.287 e. The predicted octanol–water partition coefficient (Wildman–Crippen LogP) is 1.19. The molecular formula is C17H19N3O6. The largest absolute Gasteiger partial charge is 0.493 e. The fourth-order valence-electron chi connectivity index (χ4n) is 2.05. The molecule has 2 N–H and O–H groups in total. The van der Waals surface area contributed by atoms with Gasteiger partial charge in [-0.3, -0.25) is 9.59 Å². The van der Waals surface area contributed by atoms with Gasteiger partial charge in [-0.05, 0) is 24.3 Å². The van der Waals surface area contributed by atoms with Crippen molar-refractivity contribution in [2.24, 2.45) is 5.10 Å². The minimum atomic E-state index is -0.492. The number of hydrazone groups is 1. The molecule has 1 heterocycles. The predicted molar refractivity (Wildman–Crippen MR) is 92.9 cm³/mol. The van der Waals surface area contributed by atoms with Crippen LogP contribution in [-0.4, -0.2) is 45.9 Å². The van der Waals surface area contributed by atoms with Gasteiger partial charge < -0.3 is 23.9 Å². The third-order valence-electron chi connectivity index (χ3n) is 3.24. The van der Waals surface area contributed by atoms with Crippen LogP contribution in [0.5, 0.6) is 17.2 Å². The molecule has 1 aromatic carbocycles. The molecule has 0 aliphatic rings. The molecule has 0 bridgehead atoms. The molecule has 2 rings (SSSR count). The van der Waals surface area contributed by atoms with Gasteiger partial charge in [-0.1, -0.05) is 0 Å². The molecule has 2 amide bonds. The number of methoxy groups -OCH3 is 3. The van der Waals surface area contributed by atoms with Crippen molar-refractivity contribution in [3.63, 3.8) is 0 Å². The van der Waals surface area contributed by atoms with E-state index in [1.54, 1.807) is 18.2 Å². The summed E-state index contributed by atoms with van der Waals surface area (Å²) in [6, 6.07) is 6.43. The van der Waals surface area contributed by atoms with E-state index in [0.29, 0.717) is 22.8 Å². The first kappa shape index (κ1) is 18.8. The Morgan fingerprint density at radius 3 is 2.38 bits per heavy atom. The van der Waals surface area contributed by atoms with Crippen LogP contribution in [0.3, 0.4) is 0 Å². The molecule has 9 nitrogen and oxygen atoms in total. The van der Waals surface area contributed by atoms with Crippen LogP contribution < -0.4 is 25.0 Å². The van der Waals surface area contributed by atoms with Gasteiger partial charge in [0.25, 0.3) is 11.8 Å². The Kier molecular flexibility index (Phi) is 6.60. The van der Waals surface area contributed by atoms with Gasteiger partial charge in [0.05, 0.1) is 40.4 Å². The smallest absolute Gasteiger partial charge is 0.287 e. The van der Waals surface area contributed by atoms with Gasteiger partial charge in [0.1, 0.15) is 0 Å². The van der Waals surface area contributed by atoms with Gasteiger partial charge in [0.2, 0.25) is 5.75 Å². The summed E-state index contributed by atoms with van der Waals surface area (Å²) >= 11 is 0. The molecule has 0 atom stereocenters. The number of furan rings is 1. The van der Waals surface area contributed by atoms with Crippen molar-refractivity contribution < 1.29 is 28.2 Å². The number of nitrogens with one attached hydrogen (secondary N) is 2. The van der Waals surface area contributed by atoms with Crippen molar-refractivity contribution in [3.8, 4) is 17.2 Å². The second kappa shape index (κ2) is 9.11. The molecule has 0 aliphatic carbocycles. The fourth-order valence-corrected chi connectivity index (χ4v) is 2.05. The molecule has 0 saturated carbocycles. The Balaban J connectivity index is 1.93. The summed E-state index contributed by atoms with van der Waals surface area (Å²) in [5, 5.41) is 6.25. The van der Waals surface area contributed by atoms with E-state index >= 15 is 0 Å². The lowest BCUT2D eigenvalue weighted by Gasteiger charge is -2.12. The summed E-state index contributed by atoms with van der Waals surface area (Å²) in [5.41, 5.74) is 2.93. The van der Waals surface area contributed by atoms with E-state index in [4.69, 9.17) is 18.6 Å². The van der Waals surface area contributed by atoms with Crippen LogP contribution in [0, 0.1) is 0 Å². The third kappa shape index (κ3) is 4.76. The zero-order valence-electron chi connectivity index (χ0n) is 14.6. The molecule has 0 saturated heterocycles. The Morgan fingerprint density at radius 1 is 1.15 bits per heavy atom. The van der Waals surface area contributed by atoms with E-state index in [2.05, 4.69) is 15.8 Å². The highest BCUT2D eigenvalue weighted by molar-refractivity contribution is 5.94. The average molecular weight is 361 g/mol. The SMILES string of the molecule is COc1cc(/C=N\NC(=O)CNC(=O)c2ccco2)cc(OC)c1OC. The van der Waals surface area contributed by atoms with Crippen LogP contribution in [0.15, 0.2) is 40.0 Å². The summed E-state index contributed by atoms with van der Waals surface area (Å²) in [6.07, 6.45) is 2.79. The Bertz CT molecular complexity index is 761. The lowest BCUT2D eigenvalue weighted by molar-refractivity contribution is -0.120. The first-order chi connectivity index (χ1) is 12.6. The van der Waals surface area contributed by atoms with Crippen LogP contribution in [-0.2, 0) is 4.79 Å². The summed E-state index contributed by atoms with van der Waals surface area (Å²) in [7, 11) is 4.51. The zero-order chi connectivity index (χ0) is 18.9. The summed E-state index contributed by atoms with van der Waals surface area (Å²) < 4.78 is 20.6. The van der Waals surface area contributed by atoms with Crippen LogP contribution in [0.4, 0.5) is 0 Å². The number of amides is 2. The molecular weight excluding hydrogens is 342 g/mol. The maximum atomic E-state index is 11.7. The summed E-state index contributed by atoms with van der Waals surface area (Å²) in [5.74, 6) is 0.526. The fraction of sp³-hybridized carbons (Fsp3) is 0.235. The second-order valence-corrected chi connectivity index (χ2v) is 4.91. The molecule has 0 radical (unpaired) electrons. The normalized spacial score (nSPS) is 10.4. The molecule has 26 heavy (non-hydrogen) atoms. The number of hydrogen-bond donors (Lipinski definition) is 2. The minimum absolute atomic E-state index is 0.124. The maximum absolute atomic E-state index is 11.7. The summed E-state index contributed by atoms with van der Waals surface area (Å²) in [6.45, 7) is -0.244. The number of ether oxygens (including phenoxy) is 3. The van der Waals surface area contributed by atoms with Crippen LogP contribution in [0.1, 0.15) is 16.1 Å². The Labute approximate surface area is 149 Å². The average Bonchev–Trinajstić information content (AvgIpc) is 3.20. The van der Waals surface area contributed by atoms with Gasteiger partial charge in [-0.15, -0.1) is 0 Å². The molecule has 0 unspecified atom stereocenters. The molecule has 0 spiro atoms. The van der Waals surface area contributed by atoms with Gasteiger partial charge in [-0.2, -0.15) is 5.10 Å².